The number of nitrogens with one attached hydrogen (secondary N) is 1. The van der Waals surface area contributed by atoms with Crippen molar-refractivity contribution in [2.45, 2.75) is 11.8 Å². The van der Waals surface area contributed by atoms with Gasteiger partial charge in [0, 0.05) is 12.1 Å². The second-order valence-corrected chi connectivity index (χ2v) is 7.00. The summed E-state index contributed by atoms with van der Waals surface area (Å²) in [6.07, 6.45) is 1.54. The maximum absolute atomic E-state index is 13.6. The molecule has 2 rings (SSSR count). The highest BCUT2D eigenvalue weighted by Gasteiger charge is 2.21. The summed E-state index contributed by atoms with van der Waals surface area (Å²) in [6.45, 7) is 0.150. The van der Waals surface area contributed by atoms with E-state index in [0.717, 1.165) is 0 Å². The molecular weight excluding hydrogens is 307 g/mol. The van der Waals surface area contributed by atoms with E-state index in [2.05, 4.69) is 4.72 Å². The van der Waals surface area contributed by atoms with Crippen molar-refractivity contribution >= 4 is 10.0 Å². The highest BCUT2D eigenvalue weighted by molar-refractivity contribution is 7.88. The summed E-state index contributed by atoms with van der Waals surface area (Å²) < 4.78 is 45.6. The Morgan fingerprint density at radius 1 is 1.23 bits per heavy atom. The average molecular weight is 326 g/mol. The van der Waals surface area contributed by atoms with Crippen LogP contribution in [0.15, 0.2) is 47.1 Å². The topological polar surface area (TPSA) is 62.6 Å². The number of benzene rings is 1. The van der Waals surface area contributed by atoms with Crippen LogP contribution in [0.2, 0.25) is 0 Å². The zero-order chi connectivity index (χ0) is 16.2. The molecule has 0 radical (unpaired) electrons. The van der Waals surface area contributed by atoms with Crippen LogP contribution >= 0.6 is 0 Å². The minimum atomic E-state index is -3.64. The molecule has 7 heteroatoms. The molecule has 0 aliphatic rings. The number of halogens is 1. The van der Waals surface area contributed by atoms with Crippen molar-refractivity contribution < 1.29 is 17.2 Å². The van der Waals surface area contributed by atoms with Gasteiger partial charge in [0.2, 0.25) is 10.0 Å². The standard InChI is InChI=1S/C15H19FN2O3S/c1-18(2)14(15-8-5-9-21-15)10-17-22(19,20)11-12-6-3-4-7-13(12)16/h3-9,14,17H,10-11H2,1-2H3/t14-/m1/s1. The monoisotopic (exact) mass is 326 g/mol. The van der Waals surface area contributed by atoms with Crippen LogP contribution in [0.4, 0.5) is 4.39 Å². The lowest BCUT2D eigenvalue weighted by Crippen LogP contribution is -2.35. The van der Waals surface area contributed by atoms with Gasteiger partial charge in [-0.3, -0.25) is 4.90 Å². The summed E-state index contributed by atoms with van der Waals surface area (Å²) in [7, 11) is 0.0283. The Morgan fingerprint density at radius 2 is 1.95 bits per heavy atom. The van der Waals surface area contributed by atoms with E-state index in [4.69, 9.17) is 4.42 Å². The van der Waals surface area contributed by atoms with E-state index < -0.39 is 21.6 Å². The van der Waals surface area contributed by atoms with Gasteiger partial charge in [-0.2, -0.15) is 0 Å². The van der Waals surface area contributed by atoms with Gasteiger partial charge in [-0.15, -0.1) is 0 Å². The summed E-state index contributed by atoms with van der Waals surface area (Å²) in [5.74, 6) is -0.250. The van der Waals surface area contributed by atoms with Crippen LogP contribution in [0.25, 0.3) is 0 Å². The molecule has 0 fully saturated rings. The number of furan rings is 1. The SMILES string of the molecule is CN(C)[C@H](CNS(=O)(=O)Cc1ccccc1F)c1ccco1. The Hall–Kier alpha value is -1.70. The number of nitrogens with zero attached hydrogens (tertiary/aromatic N) is 1. The summed E-state index contributed by atoms with van der Waals surface area (Å²) in [5, 5.41) is 0. The minimum Gasteiger partial charge on any atom is -0.468 e. The Balaban J connectivity index is 2.04. The van der Waals surface area contributed by atoms with E-state index in [1.165, 1.54) is 18.2 Å². The van der Waals surface area contributed by atoms with Gasteiger partial charge in [0.1, 0.15) is 11.6 Å². The van der Waals surface area contributed by atoms with Crippen LogP contribution in [0.5, 0.6) is 0 Å². The van der Waals surface area contributed by atoms with Gasteiger partial charge in [-0.05, 0) is 32.3 Å². The molecule has 0 saturated heterocycles. The Bertz CT molecular complexity index is 699. The molecule has 1 aromatic carbocycles. The fraction of sp³-hybridized carbons (Fsp3) is 0.333. The summed E-state index contributed by atoms with van der Waals surface area (Å²) in [4.78, 5) is 1.85. The quantitative estimate of drug-likeness (QED) is 0.847. The van der Waals surface area contributed by atoms with E-state index in [1.807, 2.05) is 19.0 Å². The van der Waals surface area contributed by atoms with Gasteiger partial charge in [0.05, 0.1) is 18.1 Å². The molecule has 2 aromatic rings. The maximum atomic E-state index is 13.6. The van der Waals surface area contributed by atoms with Gasteiger partial charge in [0.25, 0.3) is 0 Å². The van der Waals surface area contributed by atoms with Crippen LogP contribution in [-0.4, -0.2) is 34.0 Å². The van der Waals surface area contributed by atoms with Gasteiger partial charge in [0.15, 0.2) is 0 Å². The van der Waals surface area contributed by atoms with E-state index in [9.17, 15) is 12.8 Å². The molecular formula is C15H19FN2O3S. The molecule has 1 heterocycles. The normalized spacial score (nSPS) is 13.5. The van der Waals surface area contributed by atoms with Crippen LogP contribution in [0.3, 0.4) is 0 Å². The van der Waals surface area contributed by atoms with Crippen molar-refractivity contribution in [2.24, 2.45) is 0 Å². The zero-order valence-electron chi connectivity index (χ0n) is 12.5. The molecule has 0 saturated carbocycles. The van der Waals surface area contributed by atoms with E-state index in [-0.39, 0.29) is 18.2 Å². The third-order valence-corrected chi connectivity index (χ3v) is 4.59. The van der Waals surface area contributed by atoms with Gasteiger partial charge >= 0.3 is 0 Å². The van der Waals surface area contributed by atoms with Crippen molar-refractivity contribution in [3.05, 3.63) is 59.8 Å². The van der Waals surface area contributed by atoms with Crippen molar-refractivity contribution in [3.63, 3.8) is 0 Å². The summed E-state index contributed by atoms with van der Waals surface area (Å²) in [5.41, 5.74) is 0.148. The molecule has 1 aromatic heterocycles. The Labute approximate surface area is 129 Å². The first-order chi connectivity index (χ1) is 10.4. The second-order valence-electron chi connectivity index (χ2n) is 5.19. The van der Waals surface area contributed by atoms with Gasteiger partial charge < -0.3 is 4.42 Å². The third kappa shape index (κ3) is 4.40. The largest absolute Gasteiger partial charge is 0.468 e. The van der Waals surface area contributed by atoms with Crippen LogP contribution in [0, 0.1) is 5.82 Å². The van der Waals surface area contributed by atoms with Crippen LogP contribution in [0.1, 0.15) is 17.4 Å². The lowest BCUT2D eigenvalue weighted by Gasteiger charge is -2.22. The van der Waals surface area contributed by atoms with Crippen LogP contribution < -0.4 is 4.72 Å². The molecule has 120 valence electrons. The predicted octanol–water partition coefficient (Wildman–Crippen LogP) is 2.14. The van der Waals surface area contributed by atoms with Crippen molar-refractivity contribution in [1.82, 2.24) is 9.62 Å². The molecule has 22 heavy (non-hydrogen) atoms. The van der Waals surface area contributed by atoms with Crippen molar-refractivity contribution in [1.29, 1.82) is 0 Å². The summed E-state index contributed by atoms with van der Waals surface area (Å²) >= 11 is 0. The molecule has 0 aliphatic heterocycles. The molecule has 0 aliphatic carbocycles. The van der Waals surface area contributed by atoms with E-state index >= 15 is 0 Å². The fourth-order valence-electron chi connectivity index (χ4n) is 2.10. The predicted molar refractivity (Wildman–Crippen MR) is 82.2 cm³/mol. The maximum Gasteiger partial charge on any atom is 0.215 e. The summed E-state index contributed by atoms with van der Waals surface area (Å²) in [6, 6.07) is 9.15. The van der Waals surface area contributed by atoms with E-state index in [0.29, 0.717) is 5.76 Å². The fourth-order valence-corrected chi connectivity index (χ4v) is 3.25. The van der Waals surface area contributed by atoms with Gasteiger partial charge in [-0.25, -0.2) is 17.5 Å². The van der Waals surface area contributed by atoms with Crippen molar-refractivity contribution in [2.75, 3.05) is 20.6 Å². The number of sulfonamides is 1. The smallest absolute Gasteiger partial charge is 0.215 e. The second kappa shape index (κ2) is 7.04. The lowest BCUT2D eigenvalue weighted by molar-refractivity contribution is 0.259. The molecule has 1 N–H and O–H groups in total. The zero-order valence-corrected chi connectivity index (χ0v) is 13.3. The molecule has 0 bridgehead atoms. The molecule has 0 unspecified atom stereocenters. The van der Waals surface area contributed by atoms with Crippen molar-refractivity contribution in [3.8, 4) is 0 Å². The molecule has 5 nitrogen and oxygen atoms in total. The minimum absolute atomic E-state index is 0.148. The highest BCUT2D eigenvalue weighted by Crippen LogP contribution is 2.18. The highest BCUT2D eigenvalue weighted by atomic mass is 32.2. The van der Waals surface area contributed by atoms with Gasteiger partial charge in [-0.1, -0.05) is 18.2 Å². The Kier molecular flexibility index (Phi) is 5.33. The number of likely N-dealkylation sites (N-methyl/N-ethyl adjacent to an activating group) is 1. The first-order valence-electron chi connectivity index (χ1n) is 6.79. The number of hydrogen-bond donors (Lipinski definition) is 1. The number of hydrogen-bond acceptors (Lipinski definition) is 4. The molecule has 1 atom stereocenters. The van der Waals surface area contributed by atoms with E-state index in [1.54, 1.807) is 24.5 Å². The molecule has 0 spiro atoms. The molecule has 0 amide bonds. The number of rotatable bonds is 7. The Morgan fingerprint density at radius 3 is 2.55 bits per heavy atom. The average Bonchev–Trinajstić information content (AvgIpc) is 2.95. The first-order valence-corrected chi connectivity index (χ1v) is 8.45. The lowest BCUT2D eigenvalue weighted by atomic mass is 10.2. The third-order valence-electron chi connectivity index (χ3n) is 3.29. The van der Waals surface area contributed by atoms with Crippen LogP contribution in [-0.2, 0) is 15.8 Å². The first kappa shape index (κ1) is 16.7.